The van der Waals surface area contributed by atoms with Gasteiger partial charge in [-0.3, -0.25) is 9.69 Å². The predicted molar refractivity (Wildman–Crippen MR) is 70.5 cm³/mol. The molecule has 1 saturated carbocycles. The third-order valence-electron chi connectivity index (χ3n) is 3.41. The number of nitrogens with zero attached hydrogens (tertiary/aromatic N) is 1. The normalized spacial score (nSPS) is 27.6. The van der Waals surface area contributed by atoms with E-state index in [4.69, 9.17) is 27.9 Å². The van der Waals surface area contributed by atoms with Crippen LogP contribution in [0.25, 0.3) is 0 Å². The van der Waals surface area contributed by atoms with Crippen LogP contribution in [0.2, 0.25) is 10.0 Å². The second-order valence-corrected chi connectivity index (χ2v) is 5.58. The van der Waals surface area contributed by atoms with Gasteiger partial charge in [0, 0.05) is 19.4 Å². The molecule has 0 amide bonds. The summed E-state index contributed by atoms with van der Waals surface area (Å²) in [4.78, 5) is 13.4. The Morgan fingerprint density at radius 2 is 2.00 bits per heavy atom. The third-order valence-corrected chi connectivity index (χ3v) is 4.01. The zero-order valence-corrected chi connectivity index (χ0v) is 11.2. The lowest BCUT2D eigenvalue weighted by Gasteiger charge is -2.14. The van der Waals surface area contributed by atoms with E-state index in [-0.39, 0.29) is 6.10 Å². The van der Waals surface area contributed by atoms with Crippen LogP contribution in [0, 0.1) is 0 Å². The molecule has 0 spiro atoms. The van der Waals surface area contributed by atoms with E-state index in [9.17, 15) is 4.79 Å². The van der Waals surface area contributed by atoms with E-state index in [1.165, 1.54) is 0 Å². The maximum atomic E-state index is 11.2. The summed E-state index contributed by atoms with van der Waals surface area (Å²) < 4.78 is 5.83. The molecule has 0 unspecified atom stereocenters. The van der Waals surface area contributed by atoms with Crippen molar-refractivity contribution in [1.29, 1.82) is 0 Å². The number of carbonyl (C=O) groups excluding carboxylic acids is 1. The maximum Gasteiger partial charge on any atom is 0.156 e. The number of rotatable bonds is 3. The molecule has 3 rings (SSSR count). The van der Waals surface area contributed by atoms with Crippen molar-refractivity contribution in [3.05, 3.63) is 28.2 Å². The number of ketones is 1. The van der Waals surface area contributed by atoms with Gasteiger partial charge >= 0.3 is 0 Å². The molecule has 0 N–H and O–H groups in total. The molecule has 2 fully saturated rings. The first-order chi connectivity index (χ1) is 8.65. The summed E-state index contributed by atoms with van der Waals surface area (Å²) >= 11 is 12.1. The van der Waals surface area contributed by atoms with Crippen molar-refractivity contribution in [3.63, 3.8) is 0 Å². The van der Waals surface area contributed by atoms with Gasteiger partial charge in [0.2, 0.25) is 0 Å². The summed E-state index contributed by atoms with van der Waals surface area (Å²) in [6, 6.07) is 5.66. The number of halogens is 2. The molecular formula is C13H13Cl2NO2. The number of hydrogen-bond donors (Lipinski definition) is 0. The van der Waals surface area contributed by atoms with Gasteiger partial charge in [-0.1, -0.05) is 29.3 Å². The number of carbonyl (C=O) groups is 1. The molecule has 3 nitrogen and oxygen atoms in total. The van der Waals surface area contributed by atoms with Crippen LogP contribution < -0.4 is 4.74 Å². The van der Waals surface area contributed by atoms with Gasteiger partial charge < -0.3 is 4.74 Å². The van der Waals surface area contributed by atoms with Crippen LogP contribution in [0.4, 0.5) is 0 Å². The number of Topliss-reactive ketones (excluding diaryl/α,β-unsaturated/α-hetero) is 1. The second-order valence-electron chi connectivity index (χ2n) is 4.77. The number of hydrogen-bond acceptors (Lipinski definition) is 3. The van der Waals surface area contributed by atoms with Gasteiger partial charge in [-0.2, -0.15) is 0 Å². The fourth-order valence-electron chi connectivity index (χ4n) is 2.35. The molecule has 1 aromatic carbocycles. The molecule has 0 aromatic heterocycles. The molecule has 2 atom stereocenters. The number of ether oxygens (including phenoxy) is 1. The van der Waals surface area contributed by atoms with Crippen molar-refractivity contribution < 1.29 is 9.53 Å². The molecule has 1 saturated heterocycles. The Kier molecular flexibility index (Phi) is 3.22. The highest BCUT2D eigenvalue weighted by Crippen LogP contribution is 2.39. The molecule has 5 heteroatoms. The Labute approximate surface area is 116 Å². The van der Waals surface area contributed by atoms with Gasteiger partial charge in [0.15, 0.2) is 5.75 Å². The molecule has 0 radical (unpaired) electrons. The van der Waals surface area contributed by atoms with Crippen molar-refractivity contribution >= 4 is 29.0 Å². The van der Waals surface area contributed by atoms with Gasteiger partial charge in [0.1, 0.15) is 11.9 Å². The Morgan fingerprint density at radius 3 is 2.61 bits per heavy atom. The van der Waals surface area contributed by atoms with Gasteiger partial charge in [-0.15, -0.1) is 0 Å². The quantitative estimate of drug-likeness (QED) is 0.855. The van der Waals surface area contributed by atoms with E-state index in [0.29, 0.717) is 40.6 Å². The first-order valence-corrected chi connectivity index (χ1v) is 6.77. The molecule has 96 valence electrons. The third kappa shape index (κ3) is 2.35. The fraction of sp³-hybridized carbons (Fsp3) is 0.462. The Morgan fingerprint density at radius 1 is 1.28 bits per heavy atom. The Bertz CT molecular complexity index is 472. The van der Waals surface area contributed by atoms with Crippen molar-refractivity contribution in [2.24, 2.45) is 0 Å². The molecular weight excluding hydrogens is 273 g/mol. The molecule has 1 aliphatic carbocycles. The van der Waals surface area contributed by atoms with Gasteiger partial charge in [-0.05, 0) is 12.1 Å². The van der Waals surface area contributed by atoms with E-state index in [1.54, 1.807) is 18.2 Å². The number of benzene rings is 1. The molecule has 1 heterocycles. The van der Waals surface area contributed by atoms with Gasteiger partial charge in [0.05, 0.1) is 22.6 Å². The fourth-order valence-corrected chi connectivity index (χ4v) is 2.84. The standard InChI is InChI=1S/C13H13Cl2NO2/c14-9-2-1-3-10(15)13(9)18-12-6-11(12)16-5-4-8(17)7-16/h1-3,11-12H,4-7H2/t11-,12-/m0/s1. The van der Waals surface area contributed by atoms with Crippen LogP contribution >= 0.6 is 23.2 Å². The molecule has 0 bridgehead atoms. The van der Waals surface area contributed by atoms with Gasteiger partial charge in [-0.25, -0.2) is 0 Å². The zero-order valence-electron chi connectivity index (χ0n) is 9.73. The molecule has 1 aromatic rings. The Hall–Kier alpha value is -0.770. The summed E-state index contributed by atoms with van der Waals surface area (Å²) in [6.45, 7) is 1.40. The smallest absolute Gasteiger partial charge is 0.156 e. The lowest BCUT2D eigenvalue weighted by atomic mass is 10.3. The van der Waals surface area contributed by atoms with Crippen molar-refractivity contribution in [1.82, 2.24) is 4.90 Å². The van der Waals surface area contributed by atoms with Crippen LogP contribution in [0.1, 0.15) is 12.8 Å². The molecule has 1 aliphatic heterocycles. The van der Waals surface area contributed by atoms with Crippen molar-refractivity contribution in [2.75, 3.05) is 13.1 Å². The summed E-state index contributed by atoms with van der Waals surface area (Å²) in [5.74, 6) is 0.871. The lowest BCUT2D eigenvalue weighted by molar-refractivity contribution is -0.116. The van der Waals surface area contributed by atoms with Crippen molar-refractivity contribution in [3.8, 4) is 5.75 Å². The van der Waals surface area contributed by atoms with Crippen LogP contribution in [-0.2, 0) is 4.79 Å². The minimum absolute atomic E-state index is 0.105. The number of likely N-dealkylation sites (tertiary alicyclic amines) is 1. The first-order valence-electron chi connectivity index (χ1n) is 6.01. The lowest BCUT2D eigenvalue weighted by Crippen LogP contribution is -2.27. The monoisotopic (exact) mass is 285 g/mol. The van der Waals surface area contributed by atoms with E-state index >= 15 is 0 Å². The van der Waals surface area contributed by atoms with Crippen LogP contribution in [0.3, 0.4) is 0 Å². The summed E-state index contributed by atoms with van der Waals surface area (Å²) in [5, 5.41) is 1.07. The maximum absolute atomic E-state index is 11.2. The highest BCUT2D eigenvalue weighted by molar-refractivity contribution is 6.37. The highest BCUT2D eigenvalue weighted by Gasteiger charge is 2.46. The average molecular weight is 286 g/mol. The van der Waals surface area contributed by atoms with Crippen molar-refractivity contribution in [2.45, 2.75) is 25.0 Å². The SMILES string of the molecule is O=C1CCN([C@H]2C[C@@H]2Oc2c(Cl)cccc2Cl)C1. The van der Waals surface area contributed by atoms with Crippen LogP contribution in [-0.4, -0.2) is 35.9 Å². The van der Waals surface area contributed by atoms with E-state index < -0.39 is 0 Å². The molecule has 18 heavy (non-hydrogen) atoms. The van der Waals surface area contributed by atoms with Crippen LogP contribution in [0.15, 0.2) is 18.2 Å². The van der Waals surface area contributed by atoms with Gasteiger partial charge in [0.25, 0.3) is 0 Å². The number of para-hydroxylation sites is 1. The predicted octanol–water partition coefficient (Wildman–Crippen LogP) is 2.79. The minimum atomic E-state index is 0.105. The van der Waals surface area contributed by atoms with Crippen LogP contribution in [0.5, 0.6) is 5.75 Å². The van der Waals surface area contributed by atoms with E-state index in [2.05, 4.69) is 4.90 Å². The minimum Gasteiger partial charge on any atom is -0.486 e. The summed E-state index contributed by atoms with van der Waals surface area (Å²) in [6.07, 6.45) is 1.71. The topological polar surface area (TPSA) is 29.5 Å². The zero-order chi connectivity index (χ0) is 12.7. The molecule has 2 aliphatic rings. The van der Waals surface area contributed by atoms with E-state index in [1.807, 2.05) is 0 Å². The summed E-state index contributed by atoms with van der Waals surface area (Å²) in [7, 11) is 0. The first kappa shape index (κ1) is 12.3. The Balaban J connectivity index is 1.64. The highest BCUT2D eigenvalue weighted by atomic mass is 35.5. The largest absolute Gasteiger partial charge is 0.486 e. The van der Waals surface area contributed by atoms with E-state index in [0.717, 1.165) is 13.0 Å². The summed E-state index contributed by atoms with van der Waals surface area (Å²) in [5.41, 5.74) is 0. The second kappa shape index (κ2) is 4.72. The average Bonchev–Trinajstić information content (AvgIpc) is 2.97.